The topological polar surface area (TPSA) is 130 Å². The van der Waals surface area contributed by atoms with Gasteiger partial charge in [0.1, 0.15) is 6.04 Å². The number of carbonyl (C=O) groups is 3. The van der Waals surface area contributed by atoms with E-state index < -0.39 is 35.7 Å². The molecule has 220 valence electrons. The van der Waals surface area contributed by atoms with Crippen LogP contribution in [0.3, 0.4) is 0 Å². The Hall–Kier alpha value is -4.86. The normalized spacial score (nSPS) is 17.4. The first kappa shape index (κ1) is 30.1. The summed E-state index contributed by atoms with van der Waals surface area (Å²) in [6.07, 6.45) is -2.99. The van der Waals surface area contributed by atoms with Gasteiger partial charge in [0, 0.05) is 37.4 Å². The van der Waals surface area contributed by atoms with Crippen molar-refractivity contribution in [3.05, 3.63) is 76.5 Å². The van der Waals surface area contributed by atoms with Gasteiger partial charge in [0.15, 0.2) is 0 Å². The number of rotatable bonds is 7. The van der Waals surface area contributed by atoms with Gasteiger partial charge in [-0.3, -0.25) is 20.0 Å². The van der Waals surface area contributed by atoms with E-state index in [2.05, 4.69) is 5.32 Å². The second-order valence-electron chi connectivity index (χ2n) is 9.77. The highest BCUT2D eigenvalue weighted by molar-refractivity contribution is 6.10. The summed E-state index contributed by atoms with van der Waals surface area (Å²) in [5.74, 6) is -1.31. The maximum absolute atomic E-state index is 13.7. The number of nitriles is 1. The summed E-state index contributed by atoms with van der Waals surface area (Å²) >= 11 is 0. The molecule has 10 nitrogen and oxygen atoms in total. The van der Waals surface area contributed by atoms with E-state index in [1.54, 1.807) is 4.90 Å². The van der Waals surface area contributed by atoms with Crippen LogP contribution in [-0.4, -0.2) is 60.4 Å². The van der Waals surface area contributed by atoms with E-state index in [0.29, 0.717) is 37.1 Å². The third-order valence-electron chi connectivity index (χ3n) is 7.16. The number of likely N-dealkylation sites (tertiary alicyclic amines) is 1. The molecule has 1 fully saturated rings. The lowest BCUT2D eigenvalue weighted by Crippen LogP contribution is -2.56. The van der Waals surface area contributed by atoms with Crippen molar-refractivity contribution in [2.45, 2.75) is 38.4 Å². The average molecular weight is 583 g/mol. The Morgan fingerprint density at radius 1 is 1.19 bits per heavy atom. The molecular formula is C29H29F3N6O4. The molecule has 2 aliphatic rings. The lowest BCUT2D eigenvalue weighted by Gasteiger charge is -2.43. The van der Waals surface area contributed by atoms with E-state index in [4.69, 9.17) is 10.1 Å². The number of halogens is 3. The van der Waals surface area contributed by atoms with Crippen LogP contribution in [0.4, 0.5) is 23.7 Å². The fourth-order valence-corrected chi connectivity index (χ4v) is 5.10. The van der Waals surface area contributed by atoms with Gasteiger partial charge in [-0.1, -0.05) is 18.2 Å². The van der Waals surface area contributed by atoms with Crippen molar-refractivity contribution in [1.29, 1.82) is 10.7 Å². The van der Waals surface area contributed by atoms with Crippen molar-refractivity contribution < 1.29 is 32.3 Å². The van der Waals surface area contributed by atoms with Gasteiger partial charge >= 0.3 is 18.2 Å². The molecule has 1 unspecified atom stereocenters. The summed E-state index contributed by atoms with van der Waals surface area (Å²) in [6, 6.07) is 10.3. The molecule has 1 saturated heterocycles. The van der Waals surface area contributed by atoms with Crippen LogP contribution in [0.15, 0.2) is 59.8 Å². The van der Waals surface area contributed by atoms with Gasteiger partial charge in [-0.15, -0.1) is 0 Å². The first-order valence-electron chi connectivity index (χ1n) is 13.2. The Labute approximate surface area is 240 Å². The number of alkyl halides is 3. The molecule has 3 amide bonds. The van der Waals surface area contributed by atoms with E-state index in [-0.39, 0.29) is 29.4 Å². The Morgan fingerprint density at radius 3 is 2.50 bits per heavy atom. The molecule has 13 heteroatoms. The SMILES string of the molecule is COC(=O)C1=C(C)N(c2cccc(C(F)(F)F)c2)C(=N)N(C(=O)NCCCN2CCCC2=O)C1c1ccc(C#N)cc1. The molecule has 0 saturated carbocycles. The summed E-state index contributed by atoms with van der Waals surface area (Å²) in [7, 11) is 1.14. The van der Waals surface area contributed by atoms with Gasteiger partial charge in [-0.05, 0) is 55.7 Å². The van der Waals surface area contributed by atoms with Gasteiger partial charge in [0.25, 0.3) is 0 Å². The van der Waals surface area contributed by atoms with E-state index in [1.807, 2.05) is 6.07 Å². The maximum Gasteiger partial charge on any atom is 0.416 e. The number of nitrogens with zero attached hydrogens (tertiary/aromatic N) is 4. The third kappa shape index (κ3) is 6.07. The zero-order valence-electron chi connectivity index (χ0n) is 23.0. The highest BCUT2D eigenvalue weighted by atomic mass is 19.4. The number of guanidine groups is 1. The number of amides is 3. The van der Waals surface area contributed by atoms with Gasteiger partial charge in [-0.25, -0.2) is 9.59 Å². The smallest absolute Gasteiger partial charge is 0.416 e. The minimum Gasteiger partial charge on any atom is -0.466 e. The summed E-state index contributed by atoms with van der Waals surface area (Å²) < 4.78 is 45.7. The highest BCUT2D eigenvalue weighted by Gasteiger charge is 2.44. The van der Waals surface area contributed by atoms with Crippen molar-refractivity contribution in [2.75, 3.05) is 31.6 Å². The molecule has 2 aromatic rings. The van der Waals surface area contributed by atoms with Crippen LogP contribution in [0.25, 0.3) is 0 Å². The average Bonchev–Trinajstić information content (AvgIpc) is 3.38. The van der Waals surface area contributed by atoms with Crippen LogP contribution >= 0.6 is 0 Å². The van der Waals surface area contributed by atoms with Crippen molar-refractivity contribution >= 4 is 29.6 Å². The summed E-state index contributed by atoms with van der Waals surface area (Å²) in [5, 5.41) is 21.0. The largest absolute Gasteiger partial charge is 0.466 e. The maximum atomic E-state index is 13.7. The van der Waals surface area contributed by atoms with Crippen molar-refractivity contribution in [3.8, 4) is 6.07 Å². The van der Waals surface area contributed by atoms with Gasteiger partial charge in [-0.2, -0.15) is 18.4 Å². The highest BCUT2D eigenvalue weighted by Crippen LogP contribution is 2.41. The number of carbonyl (C=O) groups excluding carboxylic acids is 3. The molecule has 1 atom stereocenters. The standard InChI is InChI=1S/C29H29F3N6O4/c1-18-24(26(40)42-2)25(20-11-9-19(17-33)10-12-20)38(28(41)35-13-5-15-36-14-4-8-23(36)39)27(34)37(18)22-7-3-6-21(16-22)29(30,31)32/h3,6-7,9-12,16,25,34H,4-5,8,13-15H2,1-2H3,(H,35,41). The minimum atomic E-state index is -4.67. The molecule has 4 rings (SSSR count). The van der Waals surface area contributed by atoms with Crippen LogP contribution in [0.2, 0.25) is 0 Å². The number of ether oxygens (including phenoxy) is 1. The molecule has 2 heterocycles. The van der Waals surface area contributed by atoms with Crippen molar-refractivity contribution in [2.24, 2.45) is 0 Å². The molecule has 2 aromatic carbocycles. The number of esters is 1. The second kappa shape index (κ2) is 12.3. The molecular weight excluding hydrogens is 553 g/mol. The molecule has 0 bridgehead atoms. The van der Waals surface area contributed by atoms with Crippen LogP contribution < -0.4 is 10.2 Å². The Balaban J connectivity index is 1.76. The molecule has 0 radical (unpaired) electrons. The predicted octanol–water partition coefficient (Wildman–Crippen LogP) is 4.54. The third-order valence-corrected chi connectivity index (χ3v) is 7.16. The number of benzene rings is 2. The quantitative estimate of drug-likeness (QED) is 0.364. The molecule has 2 N–H and O–H groups in total. The lowest BCUT2D eigenvalue weighted by atomic mass is 9.92. The number of urea groups is 1. The summed E-state index contributed by atoms with van der Waals surface area (Å²) in [5.41, 5.74) is -0.340. The van der Waals surface area contributed by atoms with Crippen LogP contribution in [-0.2, 0) is 20.5 Å². The second-order valence-corrected chi connectivity index (χ2v) is 9.77. The first-order chi connectivity index (χ1) is 20.0. The predicted molar refractivity (Wildman–Crippen MR) is 146 cm³/mol. The molecule has 0 aliphatic carbocycles. The van der Waals surface area contributed by atoms with E-state index in [1.165, 1.54) is 43.3 Å². The fraction of sp³-hybridized carbons (Fsp3) is 0.345. The van der Waals surface area contributed by atoms with E-state index in [0.717, 1.165) is 35.5 Å². The first-order valence-corrected chi connectivity index (χ1v) is 13.2. The van der Waals surface area contributed by atoms with E-state index >= 15 is 0 Å². The number of allylic oxidation sites excluding steroid dienone is 1. The number of methoxy groups -OCH3 is 1. The Kier molecular flexibility index (Phi) is 8.84. The summed E-state index contributed by atoms with van der Waals surface area (Å²) in [4.78, 5) is 42.6. The number of anilines is 1. The minimum absolute atomic E-state index is 0.0417. The van der Waals surface area contributed by atoms with Crippen molar-refractivity contribution in [1.82, 2.24) is 15.1 Å². The number of hydrogen-bond acceptors (Lipinski definition) is 6. The van der Waals surface area contributed by atoms with Crippen molar-refractivity contribution in [3.63, 3.8) is 0 Å². The van der Waals surface area contributed by atoms with Gasteiger partial charge in [0.05, 0.1) is 29.9 Å². The lowest BCUT2D eigenvalue weighted by molar-refractivity contribution is -0.138. The van der Waals surface area contributed by atoms with Crippen LogP contribution in [0.5, 0.6) is 0 Å². The summed E-state index contributed by atoms with van der Waals surface area (Å²) in [6.45, 7) is 2.66. The monoisotopic (exact) mass is 582 g/mol. The van der Waals surface area contributed by atoms with E-state index in [9.17, 15) is 32.8 Å². The molecule has 0 spiro atoms. The molecule has 42 heavy (non-hydrogen) atoms. The molecule has 0 aromatic heterocycles. The number of nitrogens with one attached hydrogen (secondary N) is 2. The van der Waals surface area contributed by atoms with Gasteiger partial charge in [0.2, 0.25) is 11.9 Å². The molecule has 2 aliphatic heterocycles. The zero-order chi connectivity index (χ0) is 30.6. The number of hydrogen-bond donors (Lipinski definition) is 2. The Bertz CT molecular complexity index is 1460. The van der Waals surface area contributed by atoms with Crippen LogP contribution in [0, 0.1) is 16.7 Å². The fourth-order valence-electron chi connectivity index (χ4n) is 5.10. The Morgan fingerprint density at radius 2 is 1.90 bits per heavy atom. The van der Waals surface area contributed by atoms with Gasteiger partial charge < -0.3 is 15.0 Å². The zero-order valence-corrected chi connectivity index (χ0v) is 23.0. The van der Waals surface area contributed by atoms with Crippen LogP contribution in [0.1, 0.15) is 48.9 Å².